The van der Waals surface area contributed by atoms with Gasteiger partial charge in [0.25, 0.3) is 5.56 Å². The molecule has 0 spiro atoms. The van der Waals surface area contributed by atoms with E-state index in [0.717, 1.165) is 12.0 Å². The third kappa shape index (κ3) is 3.86. The van der Waals surface area contributed by atoms with Crippen molar-refractivity contribution in [2.75, 3.05) is 13.7 Å². The Bertz CT molecular complexity index is 1310. The number of nitrogens with zero attached hydrogens (tertiary/aromatic N) is 2. The van der Waals surface area contributed by atoms with E-state index in [-0.39, 0.29) is 17.1 Å². The summed E-state index contributed by atoms with van der Waals surface area (Å²) in [5, 5.41) is 10.9. The lowest BCUT2D eigenvalue weighted by Crippen LogP contribution is -2.22. The van der Waals surface area contributed by atoms with Crippen LogP contribution in [0.1, 0.15) is 18.9 Å². The number of thiazole rings is 1. The first-order valence-electron chi connectivity index (χ1n) is 9.33. The van der Waals surface area contributed by atoms with E-state index in [4.69, 9.17) is 21.1 Å². The van der Waals surface area contributed by atoms with Crippen molar-refractivity contribution in [1.82, 2.24) is 9.38 Å². The molecule has 0 saturated carbocycles. The Hall–Kier alpha value is -3.03. The Labute approximate surface area is 181 Å². The van der Waals surface area contributed by atoms with Gasteiger partial charge in [-0.2, -0.15) is 0 Å². The van der Waals surface area contributed by atoms with Gasteiger partial charge in [-0.3, -0.25) is 9.20 Å². The van der Waals surface area contributed by atoms with E-state index in [1.54, 1.807) is 36.5 Å². The number of aromatic hydroxyl groups is 1. The summed E-state index contributed by atoms with van der Waals surface area (Å²) in [7, 11) is 1.47. The van der Waals surface area contributed by atoms with Crippen LogP contribution in [0.25, 0.3) is 22.3 Å². The van der Waals surface area contributed by atoms with Crippen LogP contribution in [0.5, 0.6) is 17.2 Å². The van der Waals surface area contributed by atoms with Crippen molar-refractivity contribution in [1.29, 1.82) is 0 Å². The number of ether oxygens (including phenoxy) is 2. The van der Waals surface area contributed by atoms with Gasteiger partial charge < -0.3 is 14.6 Å². The second kappa shape index (κ2) is 8.38. The van der Waals surface area contributed by atoms with Crippen LogP contribution in [0.15, 0.2) is 47.4 Å². The smallest absolute Gasteiger partial charge is 0.274 e. The zero-order valence-electron chi connectivity index (χ0n) is 16.4. The lowest BCUT2D eigenvalue weighted by molar-refractivity contribution is 0.290. The fourth-order valence-electron chi connectivity index (χ4n) is 3.01. The van der Waals surface area contributed by atoms with Gasteiger partial charge in [-0.25, -0.2) is 4.98 Å². The van der Waals surface area contributed by atoms with E-state index in [2.05, 4.69) is 4.98 Å². The highest BCUT2D eigenvalue weighted by atomic mass is 35.5. The predicted molar refractivity (Wildman–Crippen MR) is 119 cm³/mol. The number of methoxy groups -OCH3 is 1. The van der Waals surface area contributed by atoms with E-state index >= 15 is 0 Å². The Morgan fingerprint density at radius 3 is 2.63 bits per heavy atom. The largest absolute Gasteiger partial charge is 0.502 e. The predicted octanol–water partition coefficient (Wildman–Crippen LogP) is 4.13. The monoisotopic (exact) mass is 442 g/mol. The first-order chi connectivity index (χ1) is 14.5. The van der Waals surface area contributed by atoms with Gasteiger partial charge in [-0.1, -0.05) is 42.0 Å². The lowest BCUT2D eigenvalue weighted by Gasteiger charge is -2.11. The van der Waals surface area contributed by atoms with Crippen molar-refractivity contribution in [3.63, 3.8) is 0 Å². The lowest BCUT2D eigenvalue weighted by atomic mass is 10.1. The van der Waals surface area contributed by atoms with E-state index < -0.39 is 0 Å². The van der Waals surface area contributed by atoms with Crippen molar-refractivity contribution in [3.8, 4) is 28.5 Å². The standard InChI is InChI=1S/C22H19ClN2O4S/c1-3-8-29-18-10-13(9-17(28-2)20(18)26)11-19-21(27)25-12-16(24-22(25)30-19)14-4-6-15(23)7-5-14/h4-7,9-12,26H,3,8H2,1-2H3/b19-11-. The maximum absolute atomic E-state index is 12.9. The molecule has 0 aliphatic carbocycles. The zero-order valence-corrected chi connectivity index (χ0v) is 18.0. The molecule has 2 heterocycles. The van der Waals surface area contributed by atoms with Crippen LogP contribution in [0.4, 0.5) is 0 Å². The maximum atomic E-state index is 12.9. The molecule has 0 unspecified atom stereocenters. The van der Waals surface area contributed by atoms with E-state index in [1.807, 2.05) is 19.1 Å². The van der Waals surface area contributed by atoms with Crippen molar-refractivity contribution in [2.45, 2.75) is 13.3 Å². The normalized spacial score (nSPS) is 11.9. The minimum Gasteiger partial charge on any atom is -0.502 e. The van der Waals surface area contributed by atoms with E-state index in [0.29, 0.717) is 38.1 Å². The summed E-state index contributed by atoms with van der Waals surface area (Å²) in [6.07, 6.45) is 4.27. The fourth-order valence-corrected chi connectivity index (χ4v) is 4.09. The summed E-state index contributed by atoms with van der Waals surface area (Å²) >= 11 is 7.23. The molecule has 154 valence electrons. The minimum atomic E-state index is -0.161. The molecule has 0 aliphatic rings. The Morgan fingerprint density at radius 2 is 1.97 bits per heavy atom. The molecule has 0 atom stereocenters. The van der Waals surface area contributed by atoms with Crippen LogP contribution in [-0.4, -0.2) is 28.2 Å². The third-order valence-corrected chi connectivity index (χ3v) is 5.72. The summed E-state index contributed by atoms with van der Waals surface area (Å²) in [5.74, 6) is 0.550. The molecule has 2 aromatic heterocycles. The zero-order chi connectivity index (χ0) is 21.3. The van der Waals surface area contributed by atoms with Crippen molar-refractivity contribution in [2.24, 2.45) is 0 Å². The number of phenols is 1. The molecule has 6 nitrogen and oxygen atoms in total. The molecule has 0 saturated heterocycles. The molecule has 0 radical (unpaired) electrons. The second-order valence-corrected chi connectivity index (χ2v) is 8.07. The van der Waals surface area contributed by atoms with Gasteiger partial charge >= 0.3 is 0 Å². The van der Waals surface area contributed by atoms with Gasteiger partial charge in [0.1, 0.15) is 0 Å². The number of halogens is 1. The number of benzene rings is 2. The average Bonchev–Trinajstić information content (AvgIpc) is 3.28. The number of hydrogen-bond donors (Lipinski definition) is 1. The van der Waals surface area contributed by atoms with Crippen LogP contribution in [-0.2, 0) is 0 Å². The highest BCUT2D eigenvalue weighted by Gasteiger charge is 2.13. The molecule has 4 aromatic rings. The van der Waals surface area contributed by atoms with Crippen LogP contribution >= 0.6 is 22.9 Å². The second-order valence-electron chi connectivity index (χ2n) is 6.62. The summed E-state index contributed by atoms with van der Waals surface area (Å²) in [6, 6.07) is 10.7. The fraction of sp³-hybridized carbons (Fsp3) is 0.182. The van der Waals surface area contributed by atoms with Crippen molar-refractivity contribution in [3.05, 3.63) is 68.1 Å². The molecule has 0 aliphatic heterocycles. The van der Waals surface area contributed by atoms with Gasteiger partial charge in [0.05, 0.1) is 23.9 Å². The van der Waals surface area contributed by atoms with Gasteiger partial charge in [0, 0.05) is 16.8 Å². The van der Waals surface area contributed by atoms with Crippen molar-refractivity contribution < 1.29 is 14.6 Å². The number of hydrogen-bond acceptors (Lipinski definition) is 6. The van der Waals surface area contributed by atoms with Crippen LogP contribution in [0.2, 0.25) is 5.02 Å². The molecule has 0 fully saturated rings. The van der Waals surface area contributed by atoms with Crippen LogP contribution in [0, 0.1) is 0 Å². The summed E-state index contributed by atoms with van der Waals surface area (Å²) < 4.78 is 12.9. The molecule has 2 aromatic carbocycles. The molecule has 0 bridgehead atoms. The van der Waals surface area contributed by atoms with Gasteiger partial charge in [-0.05, 0) is 42.3 Å². The summed E-state index contributed by atoms with van der Waals surface area (Å²) in [4.78, 5) is 18.1. The molecule has 0 amide bonds. The Kier molecular flexibility index (Phi) is 5.65. The van der Waals surface area contributed by atoms with Gasteiger partial charge in [0.15, 0.2) is 16.5 Å². The molecule has 8 heteroatoms. The summed E-state index contributed by atoms with van der Waals surface area (Å²) in [5.41, 5.74) is 2.13. The van der Waals surface area contributed by atoms with Crippen LogP contribution < -0.4 is 19.6 Å². The van der Waals surface area contributed by atoms with E-state index in [1.165, 1.54) is 22.8 Å². The number of phenolic OH excluding ortho intramolecular Hbond substituents is 1. The summed E-state index contributed by atoms with van der Waals surface area (Å²) in [6.45, 7) is 2.45. The topological polar surface area (TPSA) is 73.1 Å². The minimum absolute atomic E-state index is 0.0564. The first kappa shape index (κ1) is 20.3. The average molecular weight is 443 g/mol. The van der Waals surface area contributed by atoms with Crippen LogP contribution in [0.3, 0.4) is 0 Å². The Morgan fingerprint density at radius 1 is 1.23 bits per heavy atom. The molecule has 1 N–H and O–H groups in total. The Balaban J connectivity index is 1.76. The number of rotatable bonds is 6. The maximum Gasteiger partial charge on any atom is 0.274 e. The quantitative estimate of drug-likeness (QED) is 0.486. The highest BCUT2D eigenvalue weighted by molar-refractivity contribution is 7.15. The van der Waals surface area contributed by atoms with Crippen molar-refractivity contribution >= 4 is 34.0 Å². The van der Waals surface area contributed by atoms with Gasteiger partial charge in [-0.15, -0.1) is 0 Å². The molecule has 4 rings (SSSR count). The molecular formula is C22H19ClN2O4S. The van der Waals surface area contributed by atoms with Gasteiger partial charge in [0.2, 0.25) is 5.75 Å². The molecule has 30 heavy (non-hydrogen) atoms. The highest BCUT2D eigenvalue weighted by Crippen LogP contribution is 2.37. The SMILES string of the molecule is CCCOc1cc(/C=c2\sc3nc(-c4ccc(Cl)cc4)cn3c2=O)cc(OC)c1O. The number of imidazole rings is 1. The molecular weight excluding hydrogens is 424 g/mol. The number of aromatic nitrogens is 2. The van der Waals surface area contributed by atoms with E-state index in [9.17, 15) is 9.90 Å². The third-order valence-electron chi connectivity index (χ3n) is 4.49. The number of fused-ring (bicyclic) bond motifs is 1. The first-order valence-corrected chi connectivity index (χ1v) is 10.5.